The molecule has 0 fully saturated rings. The highest BCUT2D eigenvalue weighted by molar-refractivity contribution is 5.79. The molecule has 0 aliphatic rings. The van der Waals surface area contributed by atoms with Gasteiger partial charge in [0.2, 0.25) is 0 Å². The van der Waals surface area contributed by atoms with Crippen molar-refractivity contribution in [2.45, 2.75) is 65.9 Å². The highest BCUT2D eigenvalue weighted by atomic mass is 16.5. The molecule has 0 spiro atoms. The molecule has 0 bridgehead atoms. The molecule has 0 aromatic heterocycles. The summed E-state index contributed by atoms with van der Waals surface area (Å²) in [6.45, 7) is 9.23. The first kappa shape index (κ1) is 22.6. The van der Waals surface area contributed by atoms with Crippen molar-refractivity contribution < 1.29 is 9.47 Å². The highest BCUT2D eigenvalue weighted by Gasteiger charge is 2.16. The van der Waals surface area contributed by atoms with Gasteiger partial charge < -0.3 is 15.2 Å². The van der Waals surface area contributed by atoms with E-state index in [1.165, 1.54) is 19.3 Å². The molecule has 156 valence electrons. The standard InChI is InChI=1S/C25H34N2O2/c1-5-8-9-19(7-3)17-28-24-13-11-21(27)15-23(24)22-14-20(16-26)10-12-25(22)29-18(4)6-2/h10-15,18-19H,5-9,17,27H2,1-4H3. The summed E-state index contributed by atoms with van der Waals surface area (Å²) in [5.74, 6) is 2.05. The van der Waals surface area contributed by atoms with Crippen molar-refractivity contribution in [2.24, 2.45) is 5.92 Å². The minimum Gasteiger partial charge on any atom is -0.493 e. The number of anilines is 1. The number of nitriles is 1. The van der Waals surface area contributed by atoms with Crippen molar-refractivity contribution >= 4 is 5.69 Å². The second-order valence-corrected chi connectivity index (χ2v) is 7.64. The molecule has 29 heavy (non-hydrogen) atoms. The van der Waals surface area contributed by atoms with Crippen LogP contribution in [-0.2, 0) is 0 Å². The minimum atomic E-state index is 0.0747. The number of benzene rings is 2. The van der Waals surface area contributed by atoms with Crippen molar-refractivity contribution in [2.75, 3.05) is 12.3 Å². The number of unbranched alkanes of at least 4 members (excludes halogenated alkanes) is 1. The van der Waals surface area contributed by atoms with E-state index in [9.17, 15) is 5.26 Å². The molecule has 2 unspecified atom stereocenters. The smallest absolute Gasteiger partial charge is 0.127 e. The maximum atomic E-state index is 9.40. The second-order valence-electron chi connectivity index (χ2n) is 7.64. The Kier molecular flexibility index (Phi) is 8.86. The third-order valence-corrected chi connectivity index (χ3v) is 5.32. The zero-order valence-electron chi connectivity index (χ0n) is 18.2. The van der Waals surface area contributed by atoms with Crippen molar-refractivity contribution in [3.8, 4) is 28.7 Å². The molecule has 0 amide bonds. The second kappa shape index (κ2) is 11.4. The van der Waals surface area contributed by atoms with Gasteiger partial charge in [-0.2, -0.15) is 5.26 Å². The van der Waals surface area contributed by atoms with E-state index >= 15 is 0 Å². The first-order valence-corrected chi connectivity index (χ1v) is 10.8. The van der Waals surface area contributed by atoms with E-state index in [1.807, 2.05) is 37.3 Å². The zero-order chi connectivity index (χ0) is 21.2. The lowest BCUT2D eigenvalue weighted by molar-refractivity contribution is 0.218. The normalized spacial score (nSPS) is 12.8. The average molecular weight is 395 g/mol. The predicted molar refractivity (Wildman–Crippen MR) is 120 cm³/mol. The van der Waals surface area contributed by atoms with Crippen molar-refractivity contribution in [1.29, 1.82) is 5.26 Å². The summed E-state index contributed by atoms with van der Waals surface area (Å²) in [6.07, 6.45) is 5.65. The van der Waals surface area contributed by atoms with E-state index < -0.39 is 0 Å². The van der Waals surface area contributed by atoms with Crippen LogP contribution in [0.3, 0.4) is 0 Å². The quantitative estimate of drug-likeness (QED) is 0.437. The largest absolute Gasteiger partial charge is 0.493 e. The Hall–Kier alpha value is -2.67. The van der Waals surface area contributed by atoms with Crippen LogP contribution in [0.4, 0.5) is 5.69 Å². The van der Waals surface area contributed by atoms with Crippen molar-refractivity contribution in [1.82, 2.24) is 0 Å². The molecule has 2 rings (SSSR count). The van der Waals surface area contributed by atoms with Gasteiger partial charge in [0.25, 0.3) is 0 Å². The number of nitrogens with two attached hydrogens (primary N) is 1. The van der Waals surface area contributed by atoms with Crippen molar-refractivity contribution in [3.05, 3.63) is 42.0 Å². The van der Waals surface area contributed by atoms with Crippen LogP contribution in [0.5, 0.6) is 11.5 Å². The van der Waals surface area contributed by atoms with E-state index in [4.69, 9.17) is 15.2 Å². The zero-order valence-corrected chi connectivity index (χ0v) is 18.2. The minimum absolute atomic E-state index is 0.0747. The number of ether oxygens (including phenoxy) is 2. The van der Waals surface area contributed by atoms with Crippen LogP contribution in [-0.4, -0.2) is 12.7 Å². The molecule has 0 saturated heterocycles. The molecule has 2 N–H and O–H groups in total. The number of rotatable bonds is 11. The Labute approximate surface area is 175 Å². The molecule has 2 aromatic carbocycles. The number of nitrogen functional groups attached to an aromatic ring is 1. The van der Waals surface area contributed by atoms with Gasteiger partial charge in [0.05, 0.1) is 24.3 Å². The SMILES string of the molecule is CCCCC(CC)COc1ccc(N)cc1-c1cc(C#N)ccc1OC(C)CC. The topological polar surface area (TPSA) is 68.3 Å². The molecule has 2 atom stereocenters. The van der Waals surface area contributed by atoms with Crippen LogP contribution in [0.25, 0.3) is 11.1 Å². The molecule has 0 saturated carbocycles. The van der Waals surface area contributed by atoms with Crippen LogP contribution in [0, 0.1) is 17.2 Å². The Morgan fingerprint density at radius 2 is 1.72 bits per heavy atom. The fourth-order valence-electron chi connectivity index (χ4n) is 3.20. The van der Waals surface area contributed by atoms with Gasteiger partial charge in [-0.25, -0.2) is 0 Å². The van der Waals surface area contributed by atoms with E-state index in [0.717, 1.165) is 35.5 Å². The summed E-state index contributed by atoms with van der Waals surface area (Å²) < 4.78 is 12.4. The van der Waals surface area contributed by atoms with Gasteiger partial charge in [-0.05, 0) is 62.1 Å². The molecule has 2 aromatic rings. The first-order valence-electron chi connectivity index (χ1n) is 10.8. The van der Waals surface area contributed by atoms with Gasteiger partial charge in [0.1, 0.15) is 11.5 Å². The third kappa shape index (κ3) is 6.42. The van der Waals surface area contributed by atoms with Crippen LogP contribution in [0.15, 0.2) is 36.4 Å². The van der Waals surface area contributed by atoms with E-state index in [0.29, 0.717) is 23.8 Å². The van der Waals surface area contributed by atoms with Crippen LogP contribution in [0.1, 0.15) is 65.4 Å². The first-order chi connectivity index (χ1) is 14.0. The predicted octanol–water partition coefficient (Wildman–Crippen LogP) is 6.58. The Balaban J connectivity index is 2.40. The third-order valence-electron chi connectivity index (χ3n) is 5.32. The average Bonchev–Trinajstić information content (AvgIpc) is 2.74. The summed E-state index contributed by atoms with van der Waals surface area (Å²) in [7, 11) is 0. The van der Waals surface area contributed by atoms with Gasteiger partial charge >= 0.3 is 0 Å². The number of hydrogen-bond donors (Lipinski definition) is 1. The maximum Gasteiger partial charge on any atom is 0.127 e. The molecule has 4 heteroatoms. The molecular weight excluding hydrogens is 360 g/mol. The van der Waals surface area contributed by atoms with Gasteiger partial charge in [-0.1, -0.05) is 40.0 Å². The van der Waals surface area contributed by atoms with Crippen LogP contribution < -0.4 is 15.2 Å². The van der Waals surface area contributed by atoms with E-state index in [1.54, 1.807) is 6.07 Å². The Morgan fingerprint density at radius 1 is 1.00 bits per heavy atom. The monoisotopic (exact) mass is 394 g/mol. The van der Waals surface area contributed by atoms with Crippen LogP contribution >= 0.6 is 0 Å². The summed E-state index contributed by atoms with van der Waals surface area (Å²) in [6, 6.07) is 13.4. The lowest BCUT2D eigenvalue weighted by Crippen LogP contribution is -2.12. The van der Waals surface area contributed by atoms with E-state index in [-0.39, 0.29) is 6.10 Å². The number of nitrogens with zero attached hydrogens (tertiary/aromatic N) is 1. The van der Waals surface area contributed by atoms with Gasteiger partial charge in [-0.3, -0.25) is 0 Å². The summed E-state index contributed by atoms with van der Waals surface area (Å²) >= 11 is 0. The lowest BCUT2D eigenvalue weighted by Gasteiger charge is -2.20. The fourth-order valence-corrected chi connectivity index (χ4v) is 3.20. The molecule has 0 aliphatic heterocycles. The van der Waals surface area contributed by atoms with Gasteiger partial charge in [0, 0.05) is 16.8 Å². The molecule has 4 nitrogen and oxygen atoms in total. The lowest BCUT2D eigenvalue weighted by atomic mass is 9.99. The summed E-state index contributed by atoms with van der Waals surface area (Å²) in [5.41, 5.74) is 9.04. The number of hydrogen-bond acceptors (Lipinski definition) is 4. The molecule has 0 aliphatic carbocycles. The molecular formula is C25H34N2O2. The van der Waals surface area contributed by atoms with Gasteiger partial charge in [-0.15, -0.1) is 0 Å². The van der Waals surface area contributed by atoms with Gasteiger partial charge in [0.15, 0.2) is 0 Å². The maximum absolute atomic E-state index is 9.40. The van der Waals surface area contributed by atoms with Crippen molar-refractivity contribution in [3.63, 3.8) is 0 Å². The highest BCUT2D eigenvalue weighted by Crippen LogP contribution is 2.39. The summed E-state index contributed by atoms with van der Waals surface area (Å²) in [5, 5.41) is 9.40. The Morgan fingerprint density at radius 3 is 2.38 bits per heavy atom. The fraction of sp³-hybridized carbons (Fsp3) is 0.480. The summed E-state index contributed by atoms with van der Waals surface area (Å²) in [4.78, 5) is 0. The Bertz CT molecular complexity index is 826. The van der Waals surface area contributed by atoms with Crippen LogP contribution in [0.2, 0.25) is 0 Å². The molecule has 0 heterocycles. The van der Waals surface area contributed by atoms with E-state index in [2.05, 4.69) is 26.8 Å². The molecule has 0 radical (unpaired) electrons.